The monoisotopic (exact) mass is 292 g/mol. The molecule has 120 valence electrons. The van der Waals surface area contributed by atoms with Gasteiger partial charge in [0.25, 0.3) is 0 Å². The maximum absolute atomic E-state index is 5.53. The van der Waals surface area contributed by atoms with E-state index in [-0.39, 0.29) is 0 Å². The molecule has 3 heteroatoms. The quantitative estimate of drug-likeness (QED) is 0.751. The van der Waals surface area contributed by atoms with Crippen LogP contribution in [0.25, 0.3) is 0 Å². The van der Waals surface area contributed by atoms with Crippen molar-refractivity contribution in [3.8, 4) is 5.75 Å². The topological polar surface area (TPSA) is 24.5 Å². The van der Waals surface area contributed by atoms with Gasteiger partial charge in [-0.3, -0.25) is 4.90 Å². The third-order valence-electron chi connectivity index (χ3n) is 3.52. The summed E-state index contributed by atoms with van der Waals surface area (Å²) < 4.78 is 5.53. The number of rotatable bonds is 9. The van der Waals surface area contributed by atoms with E-state index in [9.17, 15) is 0 Å². The first-order valence-corrected chi connectivity index (χ1v) is 8.07. The first-order valence-electron chi connectivity index (χ1n) is 8.07. The molecule has 0 bridgehead atoms. The molecule has 3 nitrogen and oxygen atoms in total. The fourth-order valence-electron chi connectivity index (χ4n) is 2.45. The highest BCUT2D eigenvalue weighted by atomic mass is 16.5. The second-order valence-electron chi connectivity index (χ2n) is 6.40. The number of hydrogen-bond acceptors (Lipinski definition) is 3. The van der Waals surface area contributed by atoms with Crippen LogP contribution in [0.15, 0.2) is 18.2 Å². The predicted molar refractivity (Wildman–Crippen MR) is 90.8 cm³/mol. The lowest BCUT2D eigenvalue weighted by Gasteiger charge is -2.24. The van der Waals surface area contributed by atoms with Gasteiger partial charge in [0.05, 0.1) is 7.11 Å². The summed E-state index contributed by atoms with van der Waals surface area (Å²) in [4.78, 5) is 2.47. The van der Waals surface area contributed by atoms with Crippen molar-refractivity contribution in [1.29, 1.82) is 0 Å². The predicted octanol–water partition coefficient (Wildman–Crippen LogP) is 3.67. The van der Waals surface area contributed by atoms with Crippen LogP contribution >= 0.6 is 0 Å². The molecule has 1 aromatic rings. The molecule has 1 N–H and O–H groups in total. The van der Waals surface area contributed by atoms with Gasteiger partial charge in [-0.25, -0.2) is 0 Å². The Hall–Kier alpha value is -1.06. The molecule has 0 spiro atoms. The molecule has 0 aromatic heterocycles. The Morgan fingerprint density at radius 2 is 1.90 bits per heavy atom. The summed E-state index contributed by atoms with van der Waals surface area (Å²) >= 11 is 0. The number of hydrogen-bond donors (Lipinski definition) is 1. The lowest BCUT2D eigenvalue weighted by atomic mass is 10.1. The average Bonchev–Trinajstić information content (AvgIpc) is 2.44. The molecular weight excluding hydrogens is 260 g/mol. The molecule has 0 saturated heterocycles. The highest BCUT2D eigenvalue weighted by molar-refractivity contribution is 5.37. The van der Waals surface area contributed by atoms with E-state index in [1.165, 1.54) is 11.1 Å². The lowest BCUT2D eigenvalue weighted by molar-refractivity contribution is 0.244. The van der Waals surface area contributed by atoms with Crippen LogP contribution in [0.3, 0.4) is 0 Å². The zero-order valence-electron chi connectivity index (χ0n) is 14.6. The molecule has 0 aliphatic rings. The van der Waals surface area contributed by atoms with E-state index in [2.05, 4.69) is 63.0 Å². The zero-order chi connectivity index (χ0) is 15.8. The Kier molecular flexibility index (Phi) is 7.76. The van der Waals surface area contributed by atoms with Crippen molar-refractivity contribution >= 4 is 0 Å². The average molecular weight is 292 g/mol. The summed E-state index contributed by atoms with van der Waals surface area (Å²) in [5.74, 6) is 1.67. The largest absolute Gasteiger partial charge is 0.496 e. The molecule has 21 heavy (non-hydrogen) atoms. The van der Waals surface area contributed by atoms with Crippen molar-refractivity contribution in [2.45, 2.75) is 53.8 Å². The van der Waals surface area contributed by atoms with Gasteiger partial charge in [0.1, 0.15) is 5.75 Å². The molecule has 0 saturated carbocycles. The standard InChI is InChI=1S/C18H32N2O/c1-7-20(12-14(2)3)13-17-10-16(11-19-15(4)5)8-9-18(17)21-6/h8-10,14-15,19H,7,11-13H2,1-6H3. The Bertz CT molecular complexity index is 416. The first-order chi connectivity index (χ1) is 9.96. The molecule has 0 radical (unpaired) electrons. The summed E-state index contributed by atoms with van der Waals surface area (Å²) in [6.07, 6.45) is 0. The molecule has 0 aliphatic heterocycles. The van der Waals surface area contributed by atoms with Crippen LogP contribution in [-0.2, 0) is 13.1 Å². The van der Waals surface area contributed by atoms with Gasteiger partial charge in [0, 0.05) is 31.2 Å². The molecule has 0 amide bonds. The van der Waals surface area contributed by atoms with Gasteiger partial charge in [-0.2, -0.15) is 0 Å². The summed E-state index contributed by atoms with van der Waals surface area (Å²) in [6.45, 7) is 15.1. The van der Waals surface area contributed by atoms with Crippen molar-refractivity contribution in [3.05, 3.63) is 29.3 Å². The fourth-order valence-corrected chi connectivity index (χ4v) is 2.45. The van der Waals surface area contributed by atoms with Gasteiger partial charge < -0.3 is 10.1 Å². The van der Waals surface area contributed by atoms with Crippen LogP contribution in [0.2, 0.25) is 0 Å². The van der Waals surface area contributed by atoms with Crippen molar-refractivity contribution in [1.82, 2.24) is 10.2 Å². The zero-order valence-corrected chi connectivity index (χ0v) is 14.6. The maximum Gasteiger partial charge on any atom is 0.123 e. The summed E-state index contributed by atoms with van der Waals surface area (Å²) in [7, 11) is 1.75. The van der Waals surface area contributed by atoms with Crippen molar-refractivity contribution in [2.24, 2.45) is 5.92 Å². The minimum absolute atomic E-state index is 0.503. The van der Waals surface area contributed by atoms with Crippen LogP contribution in [-0.4, -0.2) is 31.1 Å². The van der Waals surface area contributed by atoms with Gasteiger partial charge in [-0.1, -0.05) is 40.7 Å². The number of methoxy groups -OCH3 is 1. The minimum Gasteiger partial charge on any atom is -0.496 e. The molecule has 1 rings (SSSR count). The van der Waals surface area contributed by atoms with Gasteiger partial charge in [0.2, 0.25) is 0 Å². The van der Waals surface area contributed by atoms with E-state index in [0.717, 1.165) is 31.9 Å². The maximum atomic E-state index is 5.53. The number of nitrogens with one attached hydrogen (secondary N) is 1. The highest BCUT2D eigenvalue weighted by Crippen LogP contribution is 2.22. The Labute approximate surface area is 130 Å². The van der Waals surface area contributed by atoms with Crippen molar-refractivity contribution in [2.75, 3.05) is 20.2 Å². The molecule has 0 aliphatic carbocycles. The summed E-state index contributed by atoms with van der Waals surface area (Å²) in [5, 5.41) is 3.47. The van der Waals surface area contributed by atoms with E-state index < -0.39 is 0 Å². The summed E-state index contributed by atoms with van der Waals surface area (Å²) in [5.41, 5.74) is 2.60. The van der Waals surface area contributed by atoms with Crippen molar-refractivity contribution in [3.63, 3.8) is 0 Å². The smallest absolute Gasteiger partial charge is 0.123 e. The van der Waals surface area contributed by atoms with E-state index in [0.29, 0.717) is 12.0 Å². The normalized spacial score (nSPS) is 11.7. The SMILES string of the molecule is CCN(Cc1cc(CNC(C)C)ccc1OC)CC(C)C. The molecule has 0 unspecified atom stereocenters. The highest BCUT2D eigenvalue weighted by Gasteiger charge is 2.11. The van der Waals surface area contributed by atoms with Gasteiger partial charge in [-0.15, -0.1) is 0 Å². The van der Waals surface area contributed by atoms with Crippen molar-refractivity contribution < 1.29 is 4.74 Å². The van der Waals surface area contributed by atoms with E-state index in [1.807, 2.05) is 0 Å². The third-order valence-corrected chi connectivity index (χ3v) is 3.52. The van der Waals surface area contributed by atoms with Gasteiger partial charge in [0.15, 0.2) is 0 Å². The first kappa shape index (κ1) is 18.0. The number of ether oxygens (including phenoxy) is 1. The van der Waals surface area contributed by atoms with Crippen LogP contribution in [0.1, 0.15) is 45.7 Å². The molecular formula is C18H32N2O. The Morgan fingerprint density at radius 3 is 2.43 bits per heavy atom. The lowest BCUT2D eigenvalue weighted by Crippen LogP contribution is -2.27. The second kappa shape index (κ2) is 9.06. The number of nitrogens with zero attached hydrogens (tertiary/aromatic N) is 1. The molecule has 0 heterocycles. The van der Waals surface area contributed by atoms with Gasteiger partial charge in [-0.05, 0) is 30.2 Å². The third kappa shape index (κ3) is 6.49. The Morgan fingerprint density at radius 1 is 1.19 bits per heavy atom. The Balaban J connectivity index is 2.83. The van der Waals surface area contributed by atoms with E-state index >= 15 is 0 Å². The second-order valence-corrected chi connectivity index (χ2v) is 6.40. The molecule has 1 aromatic carbocycles. The van der Waals surface area contributed by atoms with Crippen LogP contribution < -0.4 is 10.1 Å². The fraction of sp³-hybridized carbons (Fsp3) is 0.667. The van der Waals surface area contributed by atoms with E-state index in [4.69, 9.17) is 4.74 Å². The van der Waals surface area contributed by atoms with Crippen LogP contribution in [0.5, 0.6) is 5.75 Å². The molecule has 0 fully saturated rings. The minimum atomic E-state index is 0.503. The van der Waals surface area contributed by atoms with Crippen LogP contribution in [0.4, 0.5) is 0 Å². The molecule has 0 atom stereocenters. The number of benzene rings is 1. The van der Waals surface area contributed by atoms with E-state index in [1.54, 1.807) is 7.11 Å². The van der Waals surface area contributed by atoms with Gasteiger partial charge >= 0.3 is 0 Å². The van der Waals surface area contributed by atoms with Crippen LogP contribution in [0, 0.1) is 5.92 Å². The summed E-state index contributed by atoms with van der Waals surface area (Å²) in [6, 6.07) is 7.02.